The van der Waals surface area contributed by atoms with Crippen molar-refractivity contribution < 1.29 is 0 Å². The van der Waals surface area contributed by atoms with E-state index in [0.29, 0.717) is 0 Å². The summed E-state index contributed by atoms with van der Waals surface area (Å²) < 4.78 is 0. The molecule has 0 aromatic rings. The fourth-order valence-electron chi connectivity index (χ4n) is 0.718. The minimum absolute atomic E-state index is 1.18. The summed E-state index contributed by atoms with van der Waals surface area (Å²) in [6.07, 6.45) is 4.69. The van der Waals surface area contributed by atoms with Crippen LogP contribution < -0.4 is 0 Å². The monoisotopic (exact) mass is 144 g/mol. The van der Waals surface area contributed by atoms with Crippen LogP contribution in [0.3, 0.4) is 0 Å². The van der Waals surface area contributed by atoms with Gasteiger partial charge in [-0.15, -0.1) is 11.8 Å². The first-order valence-corrected chi connectivity index (χ1v) is 4.65. The van der Waals surface area contributed by atoms with Gasteiger partial charge in [0.25, 0.3) is 0 Å². The van der Waals surface area contributed by atoms with Crippen LogP contribution in [0.1, 0.15) is 33.6 Å². The molecule has 0 saturated heterocycles. The van der Waals surface area contributed by atoms with Crippen molar-refractivity contribution in [3.05, 3.63) is 11.0 Å². The van der Waals surface area contributed by atoms with E-state index in [2.05, 4.69) is 26.8 Å². The highest BCUT2D eigenvalue weighted by Gasteiger charge is 1.89. The molecule has 0 aromatic heterocycles. The van der Waals surface area contributed by atoms with Crippen molar-refractivity contribution in [3.63, 3.8) is 0 Å². The van der Waals surface area contributed by atoms with Crippen LogP contribution >= 0.6 is 11.8 Å². The van der Waals surface area contributed by atoms with Crippen LogP contribution in [-0.4, -0.2) is 5.75 Å². The normalized spacial score (nSPS) is 12.1. The zero-order chi connectivity index (χ0) is 7.11. The Morgan fingerprint density at radius 2 is 2.00 bits per heavy atom. The first-order valence-electron chi connectivity index (χ1n) is 3.66. The molecular formula is C8H16S. The van der Waals surface area contributed by atoms with E-state index in [1.165, 1.54) is 18.6 Å². The van der Waals surface area contributed by atoms with Crippen molar-refractivity contribution in [1.82, 2.24) is 0 Å². The second-order valence-electron chi connectivity index (χ2n) is 1.87. The summed E-state index contributed by atoms with van der Waals surface area (Å²) in [6.45, 7) is 6.60. The molecule has 54 valence electrons. The van der Waals surface area contributed by atoms with Crippen LogP contribution in [0.15, 0.2) is 11.0 Å². The van der Waals surface area contributed by atoms with Gasteiger partial charge in [0.1, 0.15) is 0 Å². The van der Waals surface area contributed by atoms with E-state index in [9.17, 15) is 0 Å². The first kappa shape index (κ1) is 9.09. The van der Waals surface area contributed by atoms with Crippen molar-refractivity contribution in [2.24, 2.45) is 0 Å². The summed E-state index contributed by atoms with van der Waals surface area (Å²) in [5, 5.41) is 0. The van der Waals surface area contributed by atoms with Crippen molar-refractivity contribution >= 4 is 11.8 Å². The van der Waals surface area contributed by atoms with Gasteiger partial charge in [-0.2, -0.15) is 0 Å². The van der Waals surface area contributed by atoms with Gasteiger partial charge in [0.15, 0.2) is 0 Å². The van der Waals surface area contributed by atoms with Gasteiger partial charge in [-0.05, 0) is 23.5 Å². The summed E-state index contributed by atoms with van der Waals surface area (Å²) in [5.41, 5.74) is 0. The molecule has 0 atom stereocenters. The maximum atomic E-state index is 2.31. The molecule has 1 heteroatoms. The fraction of sp³-hybridized carbons (Fsp3) is 0.750. The van der Waals surface area contributed by atoms with Gasteiger partial charge in [-0.25, -0.2) is 0 Å². The van der Waals surface area contributed by atoms with Crippen LogP contribution in [0, 0.1) is 0 Å². The van der Waals surface area contributed by atoms with E-state index in [0.717, 1.165) is 0 Å². The smallest absolute Gasteiger partial charge is 0.00518 e. The molecule has 0 heterocycles. The number of hydrogen-bond donors (Lipinski definition) is 0. The zero-order valence-corrected chi connectivity index (χ0v) is 7.42. The van der Waals surface area contributed by atoms with Gasteiger partial charge < -0.3 is 0 Å². The average molecular weight is 144 g/mol. The number of rotatable bonds is 4. The second-order valence-corrected chi connectivity index (χ2v) is 3.26. The SMILES string of the molecule is CCC=C(CC)SCC. The molecule has 0 N–H and O–H groups in total. The van der Waals surface area contributed by atoms with Crippen molar-refractivity contribution in [2.75, 3.05) is 5.75 Å². The van der Waals surface area contributed by atoms with E-state index in [4.69, 9.17) is 0 Å². The van der Waals surface area contributed by atoms with Gasteiger partial charge in [0, 0.05) is 0 Å². The Hall–Kier alpha value is 0.0900. The highest BCUT2D eigenvalue weighted by atomic mass is 32.2. The Balaban J connectivity index is 3.53. The third-order valence-electron chi connectivity index (χ3n) is 1.11. The van der Waals surface area contributed by atoms with Crippen LogP contribution in [0.2, 0.25) is 0 Å². The summed E-state index contributed by atoms with van der Waals surface area (Å²) in [4.78, 5) is 1.54. The molecule has 0 aliphatic rings. The molecular weight excluding hydrogens is 128 g/mol. The minimum Gasteiger partial charge on any atom is -0.131 e. The highest BCUT2D eigenvalue weighted by molar-refractivity contribution is 8.03. The molecule has 0 aliphatic carbocycles. The Morgan fingerprint density at radius 3 is 2.33 bits per heavy atom. The van der Waals surface area contributed by atoms with Crippen molar-refractivity contribution in [1.29, 1.82) is 0 Å². The maximum absolute atomic E-state index is 2.31. The summed E-state index contributed by atoms with van der Waals surface area (Å²) >= 11 is 1.96. The predicted octanol–water partition coefficient (Wildman–Crippen LogP) is 3.44. The van der Waals surface area contributed by atoms with Crippen LogP contribution in [0.4, 0.5) is 0 Å². The Morgan fingerprint density at radius 1 is 1.33 bits per heavy atom. The standard InChI is InChI=1S/C8H16S/c1-4-7-8(5-2)9-6-3/h7H,4-6H2,1-3H3. The van der Waals surface area contributed by atoms with Gasteiger partial charge in [0.05, 0.1) is 0 Å². The lowest BCUT2D eigenvalue weighted by molar-refractivity contribution is 1.14. The molecule has 0 amide bonds. The summed E-state index contributed by atoms with van der Waals surface area (Å²) in [7, 11) is 0. The first-order chi connectivity index (χ1) is 4.35. The molecule has 0 spiro atoms. The molecule has 0 fully saturated rings. The number of thioether (sulfide) groups is 1. The predicted molar refractivity (Wildman–Crippen MR) is 46.8 cm³/mol. The van der Waals surface area contributed by atoms with Gasteiger partial charge >= 0.3 is 0 Å². The lowest BCUT2D eigenvalue weighted by Gasteiger charge is -1.98. The Kier molecular flexibility index (Phi) is 6.28. The van der Waals surface area contributed by atoms with Crippen molar-refractivity contribution in [2.45, 2.75) is 33.6 Å². The minimum atomic E-state index is 1.18. The van der Waals surface area contributed by atoms with Gasteiger partial charge in [-0.1, -0.05) is 26.8 Å². The van der Waals surface area contributed by atoms with E-state index in [1.54, 1.807) is 4.91 Å². The van der Waals surface area contributed by atoms with E-state index >= 15 is 0 Å². The van der Waals surface area contributed by atoms with Crippen LogP contribution in [0.25, 0.3) is 0 Å². The molecule has 0 saturated carbocycles. The largest absolute Gasteiger partial charge is 0.131 e. The number of hydrogen-bond acceptors (Lipinski definition) is 1. The quantitative estimate of drug-likeness (QED) is 0.582. The third-order valence-corrected chi connectivity index (χ3v) is 2.22. The van der Waals surface area contributed by atoms with Crippen molar-refractivity contribution in [3.8, 4) is 0 Å². The van der Waals surface area contributed by atoms with Gasteiger partial charge in [-0.3, -0.25) is 0 Å². The molecule has 9 heavy (non-hydrogen) atoms. The molecule has 0 nitrogen and oxygen atoms in total. The average Bonchev–Trinajstić information content (AvgIpc) is 1.88. The van der Waals surface area contributed by atoms with E-state index in [1.807, 2.05) is 11.8 Å². The fourth-order valence-corrected chi connectivity index (χ4v) is 1.58. The number of allylic oxidation sites excluding steroid dienone is 2. The van der Waals surface area contributed by atoms with Crippen LogP contribution in [-0.2, 0) is 0 Å². The van der Waals surface area contributed by atoms with Crippen LogP contribution in [0.5, 0.6) is 0 Å². The summed E-state index contributed by atoms with van der Waals surface area (Å²) in [6, 6.07) is 0. The van der Waals surface area contributed by atoms with Gasteiger partial charge in [0.2, 0.25) is 0 Å². The second kappa shape index (κ2) is 6.21. The Labute approximate surface area is 62.7 Å². The maximum Gasteiger partial charge on any atom is -0.00518 e. The molecule has 0 unspecified atom stereocenters. The lowest BCUT2D eigenvalue weighted by Crippen LogP contribution is -1.74. The summed E-state index contributed by atoms with van der Waals surface area (Å²) in [5.74, 6) is 1.21. The third kappa shape index (κ3) is 4.58. The molecule has 0 rings (SSSR count). The zero-order valence-electron chi connectivity index (χ0n) is 6.61. The van der Waals surface area contributed by atoms with E-state index < -0.39 is 0 Å². The molecule has 0 aliphatic heterocycles. The lowest BCUT2D eigenvalue weighted by atomic mass is 10.3. The van der Waals surface area contributed by atoms with E-state index in [-0.39, 0.29) is 0 Å². The Bertz CT molecular complexity index is 84.6. The topological polar surface area (TPSA) is 0 Å². The highest BCUT2D eigenvalue weighted by Crippen LogP contribution is 2.18. The molecule has 0 aromatic carbocycles. The molecule has 0 radical (unpaired) electrons. The molecule has 0 bridgehead atoms.